The van der Waals surface area contributed by atoms with Gasteiger partial charge in [-0.15, -0.1) is 4.98 Å². The van der Waals surface area contributed by atoms with Crippen LogP contribution in [0.1, 0.15) is 0 Å². The topological polar surface area (TPSA) is 206 Å². The molecule has 0 aliphatic carbocycles. The zero-order valence-electron chi connectivity index (χ0n) is 19.6. The average Bonchev–Trinajstić information content (AvgIpc) is 3.62. The van der Waals surface area contributed by atoms with E-state index in [1.807, 2.05) is 0 Å². The third kappa shape index (κ3) is 4.96. The fourth-order valence-corrected chi connectivity index (χ4v) is 6.21. The molecular formula is C22H12N9O6S3+. The van der Waals surface area contributed by atoms with Crippen LogP contribution in [-0.2, 0) is 0 Å². The first-order valence-corrected chi connectivity index (χ1v) is 13.5. The van der Waals surface area contributed by atoms with Crippen LogP contribution >= 0.6 is 34.0 Å². The molecule has 0 radical (unpaired) electrons. The Morgan fingerprint density at radius 3 is 1.45 bits per heavy atom. The molecular weight excluding hydrogens is 583 g/mol. The summed E-state index contributed by atoms with van der Waals surface area (Å²) < 4.78 is 2.14. The summed E-state index contributed by atoms with van der Waals surface area (Å²) in [4.78, 5) is 48.4. The number of fused-ring (bicyclic) bond motifs is 3. The number of non-ortho nitro benzene ring substituents is 3. The molecule has 3 heterocycles. The van der Waals surface area contributed by atoms with Gasteiger partial charge < -0.3 is 0 Å². The molecule has 15 nitrogen and oxygen atoms in total. The number of hydrogen-bond donors (Lipinski definition) is 3. The van der Waals surface area contributed by atoms with Crippen molar-refractivity contribution in [2.24, 2.45) is 0 Å². The SMILES string of the molecule is O=[N+]([O-])c1ccc2sc(NC(Nc3nc4cc([N+](=O)[O-])ccc4s3)=[NH+]c3nc4cc([N+](=O)[O-])ccc4s3)nc2c1. The van der Waals surface area contributed by atoms with E-state index in [4.69, 9.17) is 0 Å². The van der Waals surface area contributed by atoms with Crippen LogP contribution in [-0.4, -0.2) is 35.7 Å². The molecule has 40 heavy (non-hydrogen) atoms. The minimum atomic E-state index is -0.499. The first-order chi connectivity index (χ1) is 19.2. The smallest absolute Gasteiger partial charge is 0.258 e. The van der Waals surface area contributed by atoms with Crippen molar-refractivity contribution in [1.82, 2.24) is 15.0 Å². The quantitative estimate of drug-likeness (QED) is 0.106. The van der Waals surface area contributed by atoms with E-state index in [9.17, 15) is 30.3 Å². The molecule has 6 rings (SSSR count). The van der Waals surface area contributed by atoms with Crippen molar-refractivity contribution in [3.63, 3.8) is 0 Å². The highest BCUT2D eigenvalue weighted by Crippen LogP contribution is 2.31. The van der Waals surface area contributed by atoms with E-state index in [2.05, 4.69) is 30.6 Å². The number of nitro benzene ring substituents is 3. The lowest BCUT2D eigenvalue weighted by atomic mass is 10.3. The maximum atomic E-state index is 11.2. The van der Waals surface area contributed by atoms with Crippen molar-refractivity contribution in [2.75, 3.05) is 10.6 Å². The molecule has 0 saturated carbocycles. The minimum absolute atomic E-state index is 0.0862. The predicted octanol–water partition coefficient (Wildman–Crippen LogP) is 4.53. The molecule has 0 spiro atoms. The van der Waals surface area contributed by atoms with Gasteiger partial charge in [0.25, 0.3) is 22.2 Å². The summed E-state index contributed by atoms with van der Waals surface area (Å²) in [5.74, 6) is 0.274. The maximum absolute atomic E-state index is 11.2. The summed E-state index contributed by atoms with van der Waals surface area (Å²) >= 11 is 3.77. The van der Waals surface area contributed by atoms with Crippen molar-refractivity contribution in [3.8, 4) is 0 Å². The fourth-order valence-electron chi connectivity index (χ4n) is 3.66. The van der Waals surface area contributed by atoms with Crippen molar-refractivity contribution in [3.05, 3.63) is 84.9 Å². The molecule has 0 aliphatic heterocycles. The van der Waals surface area contributed by atoms with Gasteiger partial charge >= 0.3 is 5.96 Å². The van der Waals surface area contributed by atoms with Crippen molar-refractivity contribution in [2.45, 2.75) is 0 Å². The maximum Gasteiger partial charge on any atom is 0.321 e. The van der Waals surface area contributed by atoms with Gasteiger partial charge in [0.2, 0.25) is 10.3 Å². The van der Waals surface area contributed by atoms with Crippen molar-refractivity contribution >= 4 is 103 Å². The van der Waals surface area contributed by atoms with Crippen LogP contribution in [0.25, 0.3) is 30.6 Å². The second-order valence-corrected chi connectivity index (χ2v) is 11.1. The number of guanidine groups is 1. The summed E-state index contributed by atoms with van der Waals surface area (Å²) in [6.07, 6.45) is 0. The van der Waals surface area contributed by atoms with Crippen LogP contribution in [0.3, 0.4) is 0 Å². The Bertz CT molecular complexity index is 1940. The minimum Gasteiger partial charge on any atom is -0.258 e. The number of nitrogens with one attached hydrogen (secondary N) is 3. The molecule has 198 valence electrons. The Morgan fingerprint density at radius 1 is 0.625 bits per heavy atom. The number of thiazole rings is 3. The van der Waals surface area contributed by atoms with E-state index in [-0.39, 0.29) is 23.0 Å². The zero-order chi connectivity index (χ0) is 28.0. The van der Waals surface area contributed by atoms with E-state index >= 15 is 0 Å². The van der Waals surface area contributed by atoms with E-state index in [0.29, 0.717) is 46.0 Å². The van der Waals surface area contributed by atoms with E-state index in [1.54, 1.807) is 18.2 Å². The number of anilines is 2. The normalized spacial score (nSPS) is 11.1. The molecule has 0 unspecified atom stereocenters. The lowest BCUT2D eigenvalue weighted by molar-refractivity contribution is -0.384. The second kappa shape index (κ2) is 9.84. The molecule has 0 bridgehead atoms. The molecule has 0 amide bonds. The summed E-state index contributed by atoms with van der Waals surface area (Å²) in [6, 6.07) is 13.1. The van der Waals surface area contributed by atoms with E-state index in [1.165, 1.54) is 70.4 Å². The molecule has 3 aromatic heterocycles. The van der Waals surface area contributed by atoms with Crippen LogP contribution in [0.2, 0.25) is 0 Å². The van der Waals surface area contributed by atoms with Crippen molar-refractivity contribution in [1.29, 1.82) is 0 Å². The summed E-state index contributed by atoms with van der Waals surface area (Å²) in [5.41, 5.74) is 1.03. The van der Waals surface area contributed by atoms with Crippen LogP contribution < -0.4 is 15.6 Å². The van der Waals surface area contributed by atoms with Gasteiger partial charge in [-0.3, -0.25) is 30.3 Å². The standard InChI is InChI=1S/C22H11N9O6S3/c32-29(33)10-1-4-16-13(7-10)23-20(38-16)26-19(27-21-24-14-8-11(30(34)35)2-5-17(14)39-21)28-22-25-15-9-12(31(36)37)3-6-18(15)40-22/h1-9H,(H2,23,24,25,26,27,28)/p+1. The highest BCUT2D eigenvalue weighted by molar-refractivity contribution is 7.23. The fraction of sp³-hybridized carbons (Fsp3) is 0. The van der Waals surface area contributed by atoms with Gasteiger partial charge in [-0.2, -0.15) is 0 Å². The van der Waals surface area contributed by atoms with Crippen LogP contribution in [0, 0.1) is 30.3 Å². The third-order valence-corrected chi connectivity index (χ3v) is 8.30. The number of hydrogen-bond acceptors (Lipinski definition) is 12. The molecule has 0 aliphatic rings. The molecule has 18 heteroatoms. The zero-order valence-corrected chi connectivity index (χ0v) is 22.0. The molecule has 6 aromatic rings. The van der Waals surface area contributed by atoms with Gasteiger partial charge in [0.15, 0.2) is 0 Å². The van der Waals surface area contributed by atoms with Gasteiger partial charge in [-0.1, -0.05) is 34.0 Å². The molecule has 3 aromatic carbocycles. The second-order valence-electron chi connectivity index (χ2n) is 8.03. The summed E-state index contributed by atoms with van der Waals surface area (Å²) in [7, 11) is 0. The van der Waals surface area contributed by atoms with Gasteiger partial charge in [0, 0.05) is 30.3 Å². The highest BCUT2D eigenvalue weighted by Gasteiger charge is 2.19. The Balaban J connectivity index is 1.38. The summed E-state index contributed by atoms with van der Waals surface area (Å²) in [6.45, 7) is 0. The van der Waals surface area contributed by atoms with E-state index in [0.717, 1.165) is 0 Å². The molecule has 0 saturated heterocycles. The predicted molar refractivity (Wildman–Crippen MR) is 152 cm³/mol. The number of nitrogens with zero attached hydrogens (tertiary/aromatic N) is 6. The van der Waals surface area contributed by atoms with Gasteiger partial charge in [0.05, 0.1) is 46.0 Å². The lowest BCUT2D eigenvalue weighted by Crippen LogP contribution is -2.70. The van der Waals surface area contributed by atoms with Gasteiger partial charge in [-0.25, -0.2) is 25.6 Å². The van der Waals surface area contributed by atoms with Gasteiger partial charge in [0.1, 0.15) is 5.52 Å². The van der Waals surface area contributed by atoms with Gasteiger partial charge in [-0.05, 0) is 18.2 Å². The number of aromatic nitrogens is 3. The first kappa shape index (κ1) is 25.1. The van der Waals surface area contributed by atoms with Crippen LogP contribution in [0.4, 0.5) is 32.5 Å². The average molecular weight is 595 g/mol. The highest BCUT2D eigenvalue weighted by atomic mass is 32.1. The lowest BCUT2D eigenvalue weighted by Gasteiger charge is -2.01. The first-order valence-electron chi connectivity index (χ1n) is 11.0. The van der Waals surface area contributed by atoms with Crippen molar-refractivity contribution < 1.29 is 19.8 Å². The van der Waals surface area contributed by atoms with Crippen LogP contribution in [0.5, 0.6) is 0 Å². The molecule has 0 atom stereocenters. The van der Waals surface area contributed by atoms with E-state index < -0.39 is 14.8 Å². The Kier molecular flexibility index (Phi) is 6.17. The Labute approximate surface area is 232 Å². The number of rotatable bonds is 6. The van der Waals surface area contributed by atoms with Crippen LogP contribution in [0.15, 0.2) is 54.6 Å². The Morgan fingerprint density at radius 2 is 1.02 bits per heavy atom. The molecule has 0 fully saturated rings. The number of benzene rings is 3. The number of nitro groups is 3. The molecule has 3 N–H and O–H groups in total. The largest absolute Gasteiger partial charge is 0.321 e. The Hall–Kier alpha value is -5.20. The summed E-state index contributed by atoms with van der Waals surface area (Å²) in [5, 5.41) is 40.9. The monoisotopic (exact) mass is 594 g/mol. The third-order valence-electron chi connectivity index (χ3n) is 5.44.